The number of methoxy groups -OCH3 is 1. The second kappa shape index (κ2) is 4.21. The van der Waals surface area contributed by atoms with Gasteiger partial charge in [-0.1, -0.05) is 12.2 Å². The van der Waals surface area contributed by atoms with Crippen LogP contribution in [-0.4, -0.2) is 42.1 Å². The van der Waals surface area contributed by atoms with Crippen molar-refractivity contribution in [1.29, 1.82) is 0 Å². The summed E-state index contributed by atoms with van der Waals surface area (Å²) in [5, 5.41) is 0. The molecular formula is C15H15NO5. The molecule has 21 heavy (non-hydrogen) atoms. The van der Waals surface area contributed by atoms with Crippen LogP contribution in [0.15, 0.2) is 35.0 Å². The van der Waals surface area contributed by atoms with Crippen LogP contribution in [0.3, 0.4) is 0 Å². The van der Waals surface area contributed by atoms with Crippen molar-refractivity contribution in [2.75, 3.05) is 13.7 Å². The molecule has 6 nitrogen and oxygen atoms in total. The number of ether oxygens (including phenoxy) is 2. The fourth-order valence-corrected chi connectivity index (χ4v) is 3.71. The first-order chi connectivity index (χ1) is 10.1. The van der Waals surface area contributed by atoms with E-state index >= 15 is 0 Å². The largest absolute Gasteiger partial charge is 0.469 e. The molecule has 2 fully saturated rings. The van der Waals surface area contributed by atoms with Gasteiger partial charge < -0.3 is 18.8 Å². The van der Waals surface area contributed by atoms with E-state index in [0.29, 0.717) is 18.8 Å². The van der Waals surface area contributed by atoms with Gasteiger partial charge in [0, 0.05) is 0 Å². The number of nitrogens with zero attached hydrogens (tertiary/aromatic N) is 1. The molecule has 4 heterocycles. The van der Waals surface area contributed by atoms with E-state index in [1.165, 1.54) is 7.11 Å². The summed E-state index contributed by atoms with van der Waals surface area (Å²) in [6.45, 7) is 0.831. The van der Waals surface area contributed by atoms with E-state index < -0.39 is 17.4 Å². The fraction of sp³-hybridized carbons (Fsp3) is 0.467. The summed E-state index contributed by atoms with van der Waals surface area (Å²) >= 11 is 0. The normalized spacial score (nSPS) is 36.3. The highest BCUT2D eigenvalue weighted by molar-refractivity contribution is 5.91. The molecule has 6 heteroatoms. The van der Waals surface area contributed by atoms with Crippen molar-refractivity contribution in [3.05, 3.63) is 36.3 Å². The highest BCUT2D eigenvalue weighted by Crippen LogP contribution is 2.52. The molecule has 0 saturated carbocycles. The van der Waals surface area contributed by atoms with E-state index in [9.17, 15) is 9.59 Å². The van der Waals surface area contributed by atoms with Gasteiger partial charge in [0.2, 0.25) is 5.91 Å². The molecular weight excluding hydrogens is 274 g/mol. The lowest BCUT2D eigenvalue weighted by Gasteiger charge is -2.22. The van der Waals surface area contributed by atoms with Gasteiger partial charge in [0.1, 0.15) is 17.3 Å². The van der Waals surface area contributed by atoms with E-state index in [2.05, 4.69) is 0 Å². The minimum atomic E-state index is -0.687. The number of fused-ring (bicyclic) bond motifs is 1. The van der Waals surface area contributed by atoms with Crippen LogP contribution in [0.5, 0.6) is 0 Å². The van der Waals surface area contributed by atoms with Crippen LogP contribution in [0.25, 0.3) is 0 Å². The predicted octanol–water partition coefficient (Wildman–Crippen LogP) is 0.735. The van der Waals surface area contributed by atoms with Crippen molar-refractivity contribution in [1.82, 2.24) is 4.90 Å². The van der Waals surface area contributed by atoms with Gasteiger partial charge in [-0.25, -0.2) is 0 Å². The second-order valence-corrected chi connectivity index (χ2v) is 5.70. The molecule has 0 aromatic carbocycles. The van der Waals surface area contributed by atoms with Crippen molar-refractivity contribution >= 4 is 11.9 Å². The van der Waals surface area contributed by atoms with E-state index in [1.54, 1.807) is 17.2 Å². The number of hydrogen-bond acceptors (Lipinski definition) is 5. The highest BCUT2D eigenvalue weighted by Gasteiger charge is 2.67. The third kappa shape index (κ3) is 1.62. The summed E-state index contributed by atoms with van der Waals surface area (Å²) in [4.78, 5) is 26.4. The summed E-state index contributed by atoms with van der Waals surface area (Å²) in [6.07, 6.45) is 5.01. The summed E-state index contributed by atoms with van der Waals surface area (Å²) in [6, 6.07) is 3.61. The van der Waals surface area contributed by atoms with Crippen LogP contribution in [0.4, 0.5) is 0 Å². The van der Waals surface area contributed by atoms with Crippen LogP contribution < -0.4 is 0 Å². The molecule has 0 radical (unpaired) electrons. The maximum absolute atomic E-state index is 12.7. The quantitative estimate of drug-likeness (QED) is 0.606. The molecule has 1 amide bonds. The number of likely N-dealkylation sites (tertiary alicyclic amines) is 1. The van der Waals surface area contributed by atoms with Crippen LogP contribution in [0.1, 0.15) is 5.76 Å². The van der Waals surface area contributed by atoms with Crippen LogP contribution in [-0.2, 0) is 25.6 Å². The van der Waals surface area contributed by atoms with Gasteiger partial charge in [0.15, 0.2) is 0 Å². The molecule has 4 rings (SSSR count). The Morgan fingerprint density at radius 1 is 1.57 bits per heavy atom. The highest BCUT2D eigenvalue weighted by atomic mass is 16.5. The molecule has 0 N–H and O–H groups in total. The first-order valence-electron chi connectivity index (χ1n) is 6.91. The van der Waals surface area contributed by atoms with Crippen LogP contribution in [0, 0.1) is 11.8 Å². The van der Waals surface area contributed by atoms with Crippen molar-refractivity contribution in [3.63, 3.8) is 0 Å². The average molecular weight is 289 g/mol. The fourth-order valence-electron chi connectivity index (χ4n) is 3.71. The summed E-state index contributed by atoms with van der Waals surface area (Å²) in [7, 11) is 1.34. The first kappa shape index (κ1) is 12.6. The number of hydrogen-bond donors (Lipinski definition) is 0. The lowest BCUT2D eigenvalue weighted by molar-refractivity contribution is -0.151. The van der Waals surface area contributed by atoms with Gasteiger partial charge >= 0.3 is 5.97 Å². The van der Waals surface area contributed by atoms with E-state index in [4.69, 9.17) is 13.9 Å². The Morgan fingerprint density at radius 2 is 2.43 bits per heavy atom. The monoisotopic (exact) mass is 289 g/mol. The first-order valence-corrected chi connectivity index (χ1v) is 6.91. The number of furan rings is 1. The summed E-state index contributed by atoms with van der Waals surface area (Å²) < 4.78 is 16.1. The Balaban J connectivity index is 1.64. The number of amides is 1. The molecule has 3 aliphatic rings. The molecule has 1 spiro atoms. The molecule has 0 aliphatic carbocycles. The Labute approximate surface area is 121 Å². The molecule has 4 atom stereocenters. The number of carbonyl (C=O) groups excluding carboxylic acids is 2. The second-order valence-electron chi connectivity index (χ2n) is 5.70. The average Bonchev–Trinajstić information content (AvgIpc) is 3.22. The van der Waals surface area contributed by atoms with E-state index in [1.807, 2.05) is 18.2 Å². The smallest absolute Gasteiger partial charge is 0.312 e. The zero-order valence-electron chi connectivity index (χ0n) is 11.5. The van der Waals surface area contributed by atoms with Gasteiger partial charge in [-0.2, -0.15) is 0 Å². The third-order valence-corrected chi connectivity index (χ3v) is 4.58. The maximum atomic E-state index is 12.7. The summed E-state index contributed by atoms with van der Waals surface area (Å²) in [5.74, 6) is -0.782. The zero-order valence-corrected chi connectivity index (χ0v) is 11.5. The van der Waals surface area contributed by atoms with Crippen molar-refractivity contribution in [3.8, 4) is 0 Å². The SMILES string of the molecule is COC(=O)[C@H]1[C@H]2C(=O)N(Cc3ccco3)C[C@]23C=C[C@H]1O3. The predicted molar refractivity (Wildman–Crippen MR) is 69.9 cm³/mol. The molecule has 2 saturated heterocycles. The number of rotatable bonds is 3. The lowest BCUT2D eigenvalue weighted by atomic mass is 9.77. The molecule has 110 valence electrons. The van der Waals surface area contributed by atoms with Gasteiger partial charge in [-0.15, -0.1) is 0 Å². The van der Waals surface area contributed by atoms with Crippen LogP contribution in [0.2, 0.25) is 0 Å². The lowest BCUT2D eigenvalue weighted by Crippen LogP contribution is -2.39. The molecule has 1 aromatic rings. The Morgan fingerprint density at radius 3 is 3.14 bits per heavy atom. The van der Waals surface area contributed by atoms with Crippen molar-refractivity contribution in [2.24, 2.45) is 11.8 Å². The van der Waals surface area contributed by atoms with E-state index in [-0.39, 0.29) is 18.0 Å². The Kier molecular flexibility index (Phi) is 2.53. The molecule has 3 aliphatic heterocycles. The minimum absolute atomic E-state index is 0.0753. The number of esters is 1. The van der Waals surface area contributed by atoms with Gasteiger partial charge in [0.25, 0.3) is 0 Å². The summed E-state index contributed by atoms with van der Waals surface area (Å²) in [5.41, 5.74) is -0.687. The topological polar surface area (TPSA) is 69.0 Å². The zero-order chi connectivity index (χ0) is 14.6. The minimum Gasteiger partial charge on any atom is -0.469 e. The van der Waals surface area contributed by atoms with Crippen molar-refractivity contribution < 1.29 is 23.5 Å². The third-order valence-electron chi connectivity index (χ3n) is 4.58. The van der Waals surface area contributed by atoms with Crippen LogP contribution >= 0.6 is 0 Å². The Bertz CT molecular complexity index is 622. The molecule has 0 unspecified atom stereocenters. The molecule has 2 bridgehead atoms. The maximum Gasteiger partial charge on any atom is 0.312 e. The molecule has 1 aromatic heterocycles. The number of carbonyl (C=O) groups is 2. The van der Waals surface area contributed by atoms with Crippen molar-refractivity contribution in [2.45, 2.75) is 18.2 Å². The van der Waals surface area contributed by atoms with Gasteiger partial charge in [0.05, 0.1) is 38.5 Å². The standard InChI is InChI=1S/C15H15NO5/c1-19-14(18)11-10-4-5-15(21-10)8-16(13(17)12(11)15)7-9-3-2-6-20-9/h2-6,10-12H,7-8H2,1H3/t10-,11-,12+,15-/m1/s1. The van der Waals surface area contributed by atoms with E-state index in [0.717, 1.165) is 0 Å². The Hall–Kier alpha value is -2.08. The van der Waals surface area contributed by atoms with Gasteiger partial charge in [-0.3, -0.25) is 9.59 Å². The van der Waals surface area contributed by atoms with Gasteiger partial charge in [-0.05, 0) is 12.1 Å².